The van der Waals surface area contributed by atoms with Gasteiger partial charge in [0.1, 0.15) is 23.8 Å². The van der Waals surface area contributed by atoms with Crippen LogP contribution in [0, 0.1) is 0 Å². The lowest BCUT2D eigenvalue weighted by Gasteiger charge is -2.34. The van der Waals surface area contributed by atoms with Crippen molar-refractivity contribution in [2.75, 3.05) is 19.0 Å². The number of anilines is 1. The van der Waals surface area contributed by atoms with Crippen LogP contribution in [0.1, 0.15) is 6.92 Å². The van der Waals surface area contributed by atoms with Crippen molar-refractivity contribution in [1.29, 1.82) is 0 Å². The van der Waals surface area contributed by atoms with Gasteiger partial charge in [0.05, 0.1) is 7.11 Å². The molecule has 2 N–H and O–H groups in total. The number of para-hydroxylation sites is 1. The highest BCUT2D eigenvalue weighted by Gasteiger charge is 2.40. The Labute approximate surface area is 93.0 Å². The van der Waals surface area contributed by atoms with Crippen LogP contribution in [0.5, 0.6) is 11.5 Å². The summed E-state index contributed by atoms with van der Waals surface area (Å²) in [5, 5.41) is 12.6. The van der Waals surface area contributed by atoms with Crippen molar-refractivity contribution in [3.05, 3.63) is 18.2 Å². The van der Waals surface area contributed by atoms with Gasteiger partial charge in [-0.2, -0.15) is 0 Å². The Kier molecular flexibility index (Phi) is 2.38. The molecule has 0 amide bonds. The normalized spacial score (nSPS) is 22.6. The fraction of sp³-hybridized carbons (Fsp3) is 0.364. The number of hydrogen-bond acceptors (Lipinski definition) is 5. The molecular weight excluding hydrogens is 210 g/mol. The van der Waals surface area contributed by atoms with Crippen LogP contribution in [-0.2, 0) is 9.53 Å². The number of aromatic hydroxyl groups is 1. The van der Waals surface area contributed by atoms with Crippen LogP contribution in [0.25, 0.3) is 0 Å². The predicted molar refractivity (Wildman–Crippen MR) is 57.6 cm³/mol. The number of nitrogens with one attached hydrogen (secondary N) is 1. The number of fused-ring (bicyclic) bond motifs is 1. The third-order valence-corrected chi connectivity index (χ3v) is 2.56. The molecule has 86 valence electrons. The third kappa shape index (κ3) is 1.54. The molecule has 1 aromatic carbocycles. The number of phenolic OH excluding ortho intramolecular Hbond substituents is 1. The first kappa shape index (κ1) is 10.6. The highest BCUT2D eigenvalue weighted by atomic mass is 16.5. The lowest BCUT2D eigenvalue weighted by atomic mass is 10.0. The lowest BCUT2D eigenvalue weighted by Crippen LogP contribution is -2.51. The number of methoxy groups -OCH3 is 1. The van der Waals surface area contributed by atoms with Crippen molar-refractivity contribution in [3.63, 3.8) is 0 Å². The third-order valence-electron chi connectivity index (χ3n) is 2.56. The molecule has 0 aromatic heterocycles. The molecule has 1 aliphatic rings. The number of phenols is 1. The minimum Gasteiger partial charge on any atom is -0.506 e. The van der Waals surface area contributed by atoms with E-state index in [4.69, 9.17) is 4.74 Å². The number of hydrogen-bond donors (Lipinski definition) is 2. The molecule has 0 bridgehead atoms. The maximum atomic E-state index is 11.6. The molecule has 1 atom stereocenters. The Balaban J connectivity index is 2.36. The topological polar surface area (TPSA) is 67.8 Å². The van der Waals surface area contributed by atoms with E-state index < -0.39 is 11.5 Å². The molecule has 0 saturated carbocycles. The quantitative estimate of drug-likeness (QED) is 0.551. The van der Waals surface area contributed by atoms with Crippen molar-refractivity contribution in [2.24, 2.45) is 0 Å². The standard InChI is InChI=1S/C11H13NO4/c1-11(10(14)15-2)6-16-8-5-3-4-7(13)9(8)12-11/h3-5,12-13H,6H2,1-2H3. The largest absolute Gasteiger partial charge is 0.506 e. The second kappa shape index (κ2) is 3.59. The maximum Gasteiger partial charge on any atom is 0.334 e. The first-order chi connectivity index (χ1) is 7.57. The monoisotopic (exact) mass is 223 g/mol. The van der Waals surface area contributed by atoms with Crippen LogP contribution in [0.3, 0.4) is 0 Å². The van der Waals surface area contributed by atoms with Crippen LogP contribution < -0.4 is 10.1 Å². The second-order valence-corrected chi connectivity index (χ2v) is 3.89. The van der Waals surface area contributed by atoms with E-state index in [2.05, 4.69) is 10.1 Å². The average Bonchev–Trinajstić information content (AvgIpc) is 2.29. The molecule has 5 nitrogen and oxygen atoms in total. The molecule has 1 aromatic rings. The van der Waals surface area contributed by atoms with Gasteiger partial charge in [0.25, 0.3) is 0 Å². The van der Waals surface area contributed by atoms with Crippen molar-refractivity contribution in [3.8, 4) is 11.5 Å². The van der Waals surface area contributed by atoms with Crippen LogP contribution in [0.15, 0.2) is 18.2 Å². The van der Waals surface area contributed by atoms with Gasteiger partial charge in [0.2, 0.25) is 0 Å². The van der Waals surface area contributed by atoms with Gasteiger partial charge in [0.15, 0.2) is 5.54 Å². The van der Waals surface area contributed by atoms with E-state index in [1.807, 2.05) is 0 Å². The van der Waals surface area contributed by atoms with Gasteiger partial charge in [-0.15, -0.1) is 0 Å². The zero-order valence-electron chi connectivity index (χ0n) is 9.11. The van der Waals surface area contributed by atoms with Gasteiger partial charge in [0, 0.05) is 0 Å². The summed E-state index contributed by atoms with van der Waals surface area (Å²) < 4.78 is 10.1. The van der Waals surface area contributed by atoms with E-state index in [-0.39, 0.29) is 12.4 Å². The number of rotatable bonds is 1. The van der Waals surface area contributed by atoms with Gasteiger partial charge < -0.3 is 19.9 Å². The van der Waals surface area contributed by atoms with E-state index in [1.54, 1.807) is 19.1 Å². The molecule has 5 heteroatoms. The molecule has 1 unspecified atom stereocenters. The minimum atomic E-state index is -0.972. The molecule has 0 spiro atoms. The van der Waals surface area contributed by atoms with Crippen LogP contribution in [0.2, 0.25) is 0 Å². The summed E-state index contributed by atoms with van der Waals surface area (Å²) in [5.41, 5.74) is -0.553. The molecule has 1 heterocycles. The molecule has 0 saturated heterocycles. The molecule has 16 heavy (non-hydrogen) atoms. The summed E-state index contributed by atoms with van der Waals surface area (Å²) in [6, 6.07) is 4.92. The van der Waals surface area contributed by atoms with E-state index in [1.165, 1.54) is 13.2 Å². The van der Waals surface area contributed by atoms with E-state index in [9.17, 15) is 9.90 Å². The molecule has 0 radical (unpaired) electrons. The van der Waals surface area contributed by atoms with E-state index in [0.717, 1.165) is 0 Å². The summed E-state index contributed by atoms with van der Waals surface area (Å²) in [5.74, 6) is 0.148. The molecule has 2 rings (SSSR count). The lowest BCUT2D eigenvalue weighted by molar-refractivity contribution is -0.146. The molecule has 0 fully saturated rings. The smallest absolute Gasteiger partial charge is 0.334 e. The Morgan fingerprint density at radius 2 is 2.38 bits per heavy atom. The Hall–Kier alpha value is -1.91. The van der Waals surface area contributed by atoms with Gasteiger partial charge in [-0.3, -0.25) is 0 Å². The minimum absolute atomic E-state index is 0.0485. The fourth-order valence-corrected chi connectivity index (χ4v) is 1.63. The van der Waals surface area contributed by atoms with Gasteiger partial charge in [-0.05, 0) is 19.1 Å². The number of carbonyl (C=O) groups is 1. The van der Waals surface area contributed by atoms with E-state index in [0.29, 0.717) is 11.4 Å². The maximum absolute atomic E-state index is 11.6. The zero-order valence-corrected chi connectivity index (χ0v) is 9.11. The van der Waals surface area contributed by atoms with Crippen LogP contribution >= 0.6 is 0 Å². The Morgan fingerprint density at radius 3 is 3.06 bits per heavy atom. The molecule has 0 aliphatic carbocycles. The molecular formula is C11H13NO4. The summed E-state index contributed by atoms with van der Waals surface area (Å²) in [7, 11) is 1.32. The Morgan fingerprint density at radius 1 is 1.62 bits per heavy atom. The average molecular weight is 223 g/mol. The van der Waals surface area contributed by atoms with Gasteiger partial charge in [-0.1, -0.05) is 6.07 Å². The van der Waals surface area contributed by atoms with Gasteiger partial charge >= 0.3 is 5.97 Å². The van der Waals surface area contributed by atoms with Gasteiger partial charge in [-0.25, -0.2) is 4.79 Å². The highest BCUT2D eigenvalue weighted by Crippen LogP contribution is 2.39. The number of carbonyl (C=O) groups excluding carboxylic acids is 1. The first-order valence-corrected chi connectivity index (χ1v) is 4.88. The summed E-state index contributed by atoms with van der Waals surface area (Å²) >= 11 is 0. The number of esters is 1. The van der Waals surface area contributed by atoms with E-state index >= 15 is 0 Å². The predicted octanol–water partition coefficient (Wildman–Crippen LogP) is 1.13. The number of benzene rings is 1. The first-order valence-electron chi connectivity index (χ1n) is 4.88. The van der Waals surface area contributed by atoms with Crippen molar-refractivity contribution >= 4 is 11.7 Å². The van der Waals surface area contributed by atoms with Crippen molar-refractivity contribution in [1.82, 2.24) is 0 Å². The van der Waals surface area contributed by atoms with Crippen LogP contribution in [-0.4, -0.2) is 30.3 Å². The highest BCUT2D eigenvalue weighted by molar-refractivity contribution is 5.87. The summed E-state index contributed by atoms with van der Waals surface area (Å²) in [4.78, 5) is 11.6. The SMILES string of the molecule is COC(=O)C1(C)COc2cccc(O)c2N1. The Bertz CT molecular complexity index is 432. The molecule has 1 aliphatic heterocycles. The summed E-state index contributed by atoms with van der Waals surface area (Å²) in [6.07, 6.45) is 0. The van der Waals surface area contributed by atoms with Crippen molar-refractivity contribution < 1.29 is 19.4 Å². The zero-order chi connectivity index (χ0) is 11.8. The fourth-order valence-electron chi connectivity index (χ4n) is 1.63. The van der Waals surface area contributed by atoms with Crippen molar-refractivity contribution in [2.45, 2.75) is 12.5 Å². The number of ether oxygens (including phenoxy) is 2. The van der Waals surface area contributed by atoms with Crippen LogP contribution in [0.4, 0.5) is 5.69 Å². The summed E-state index contributed by atoms with van der Waals surface area (Å²) in [6.45, 7) is 1.82. The second-order valence-electron chi connectivity index (χ2n) is 3.89.